The molecule has 0 aliphatic heterocycles. The van der Waals surface area contributed by atoms with Gasteiger partial charge >= 0.3 is 0 Å². The minimum absolute atomic E-state index is 0.0703. The predicted octanol–water partition coefficient (Wildman–Crippen LogP) is 5.01. The van der Waals surface area contributed by atoms with Crippen LogP contribution < -0.4 is 0 Å². The summed E-state index contributed by atoms with van der Waals surface area (Å²) < 4.78 is -0.0703. The highest BCUT2D eigenvalue weighted by Gasteiger charge is 2.34. The van der Waals surface area contributed by atoms with Crippen LogP contribution in [-0.2, 0) is 0 Å². The zero-order chi connectivity index (χ0) is 14.5. The standard InChI is InChI=1S/C16H27NOS/c1-6-10-16(11-8-7-9-12-16)19-15(18)17(13(2)3)14(4)5/h6,8,11,13-14H,1,7,9-10,12H2,2-5H3/t16-/m1/s1. The number of amides is 1. The van der Waals surface area contributed by atoms with Crippen LogP contribution in [0.1, 0.15) is 53.4 Å². The molecule has 0 aromatic rings. The van der Waals surface area contributed by atoms with E-state index < -0.39 is 0 Å². The lowest BCUT2D eigenvalue weighted by atomic mass is 9.92. The van der Waals surface area contributed by atoms with Crippen LogP contribution in [0.5, 0.6) is 0 Å². The Morgan fingerprint density at radius 3 is 2.47 bits per heavy atom. The lowest BCUT2D eigenvalue weighted by Gasteiger charge is -2.36. The van der Waals surface area contributed by atoms with Gasteiger partial charge in [-0.25, -0.2) is 0 Å². The minimum atomic E-state index is -0.0703. The SMILES string of the molecule is C=CC[C@@]1(SC(=O)N(C(C)C)C(C)C)C=CCCC1. The average Bonchev–Trinajstić information content (AvgIpc) is 2.28. The van der Waals surface area contributed by atoms with Crippen LogP contribution in [0.2, 0.25) is 0 Å². The predicted molar refractivity (Wildman–Crippen MR) is 85.6 cm³/mol. The average molecular weight is 281 g/mol. The summed E-state index contributed by atoms with van der Waals surface area (Å²) in [5.74, 6) is 0. The summed E-state index contributed by atoms with van der Waals surface area (Å²) in [7, 11) is 0. The highest BCUT2D eigenvalue weighted by Crippen LogP contribution is 2.40. The van der Waals surface area contributed by atoms with Gasteiger partial charge in [-0.15, -0.1) is 6.58 Å². The number of nitrogens with zero attached hydrogens (tertiary/aromatic N) is 1. The summed E-state index contributed by atoms with van der Waals surface area (Å²) in [4.78, 5) is 14.6. The molecule has 0 heterocycles. The molecule has 1 aliphatic carbocycles. The Balaban J connectivity index is 2.84. The summed E-state index contributed by atoms with van der Waals surface area (Å²) in [5.41, 5.74) is 0. The van der Waals surface area contributed by atoms with Crippen molar-refractivity contribution in [1.29, 1.82) is 0 Å². The normalized spacial score (nSPS) is 22.8. The number of carbonyl (C=O) groups is 1. The van der Waals surface area contributed by atoms with E-state index in [1.54, 1.807) is 0 Å². The topological polar surface area (TPSA) is 20.3 Å². The smallest absolute Gasteiger partial charge is 0.282 e. The molecule has 2 nitrogen and oxygen atoms in total. The molecule has 0 aromatic carbocycles. The van der Waals surface area contributed by atoms with Crippen LogP contribution in [0.4, 0.5) is 4.79 Å². The van der Waals surface area contributed by atoms with Crippen LogP contribution in [0.15, 0.2) is 24.8 Å². The van der Waals surface area contributed by atoms with Gasteiger partial charge in [0.2, 0.25) is 0 Å². The summed E-state index contributed by atoms with van der Waals surface area (Å²) in [6, 6.07) is 0.488. The Kier molecular flexibility index (Phi) is 6.18. The molecule has 0 aromatic heterocycles. The Morgan fingerprint density at radius 1 is 1.42 bits per heavy atom. The fraction of sp³-hybridized carbons (Fsp3) is 0.688. The second kappa shape index (κ2) is 7.18. The first-order valence-corrected chi connectivity index (χ1v) is 8.03. The Hall–Kier alpha value is -0.700. The highest BCUT2D eigenvalue weighted by atomic mass is 32.2. The zero-order valence-corrected chi connectivity index (χ0v) is 13.5. The van der Waals surface area contributed by atoms with E-state index in [2.05, 4.69) is 46.4 Å². The van der Waals surface area contributed by atoms with E-state index in [0.29, 0.717) is 0 Å². The third-order valence-electron chi connectivity index (χ3n) is 3.50. The third-order valence-corrected chi connectivity index (χ3v) is 4.80. The first-order valence-electron chi connectivity index (χ1n) is 7.22. The fourth-order valence-electron chi connectivity index (χ4n) is 2.69. The second-order valence-corrected chi connectivity index (χ2v) is 7.18. The van der Waals surface area contributed by atoms with Crippen molar-refractivity contribution in [3.05, 3.63) is 24.8 Å². The van der Waals surface area contributed by atoms with E-state index in [0.717, 1.165) is 25.7 Å². The molecule has 0 saturated heterocycles. The van der Waals surface area contributed by atoms with Crippen molar-refractivity contribution in [3.63, 3.8) is 0 Å². The number of thioether (sulfide) groups is 1. The lowest BCUT2D eigenvalue weighted by Crippen LogP contribution is -2.42. The lowest BCUT2D eigenvalue weighted by molar-refractivity contribution is 0.189. The highest BCUT2D eigenvalue weighted by molar-refractivity contribution is 8.14. The molecule has 19 heavy (non-hydrogen) atoms. The molecular weight excluding hydrogens is 254 g/mol. The summed E-state index contributed by atoms with van der Waals surface area (Å²) in [6.07, 6.45) is 10.6. The van der Waals surface area contributed by atoms with Crippen molar-refractivity contribution in [2.75, 3.05) is 0 Å². The third kappa shape index (κ3) is 4.41. The first-order chi connectivity index (χ1) is 8.92. The van der Waals surface area contributed by atoms with E-state index in [1.165, 1.54) is 11.8 Å². The van der Waals surface area contributed by atoms with E-state index >= 15 is 0 Å². The van der Waals surface area contributed by atoms with E-state index in [4.69, 9.17) is 0 Å². The second-order valence-electron chi connectivity index (χ2n) is 5.81. The van der Waals surface area contributed by atoms with Crippen molar-refractivity contribution in [1.82, 2.24) is 4.90 Å². The van der Waals surface area contributed by atoms with Gasteiger partial charge in [-0.05, 0) is 53.4 Å². The molecule has 0 bridgehead atoms. The minimum Gasteiger partial charge on any atom is -0.329 e. The largest absolute Gasteiger partial charge is 0.329 e. The fourth-order valence-corrected chi connectivity index (χ4v) is 4.17. The molecular formula is C16H27NOS. The van der Waals surface area contributed by atoms with Gasteiger partial charge in [-0.3, -0.25) is 4.79 Å². The van der Waals surface area contributed by atoms with Crippen LogP contribution in [-0.4, -0.2) is 27.0 Å². The molecule has 0 radical (unpaired) electrons. The summed E-state index contributed by atoms with van der Waals surface area (Å²) >= 11 is 1.49. The summed E-state index contributed by atoms with van der Waals surface area (Å²) in [5, 5.41) is 0.193. The summed E-state index contributed by atoms with van der Waals surface area (Å²) in [6.45, 7) is 12.2. The Bertz CT molecular complexity index is 341. The molecule has 1 atom stereocenters. The number of carbonyl (C=O) groups excluding carboxylic acids is 1. The number of hydrogen-bond acceptors (Lipinski definition) is 2. The van der Waals surface area contributed by atoms with E-state index in [9.17, 15) is 4.79 Å². The number of allylic oxidation sites excluding steroid dienone is 2. The molecule has 1 aliphatic rings. The van der Waals surface area contributed by atoms with E-state index in [1.807, 2.05) is 11.0 Å². The monoisotopic (exact) mass is 281 g/mol. The molecule has 3 heteroatoms. The maximum absolute atomic E-state index is 12.6. The van der Waals surface area contributed by atoms with Gasteiger partial charge in [-0.2, -0.15) is 0 Å². The van der Waals surface area contributed by atoms with Crippen LogP contribution in [0, 0.1) is 0 Å². The molecule has 0 spiro atoms. The maximum atomic E-state index is 12.6. The van der Waals surface area contributed by atoms with Gasteiger partial charge in [0.05, 0.1) is 0 Å². The zero-order valence-electron chi connectivity index (χ0n) is 12.7. The maximum Gasteiger partial charge on any atom is 0.282 e. The molecule has 0 fully saturated rings. The molecule has 108 valence electrons. The molecule has 0 N–H and O–H groups in total. The van der Waals surface area contributed by atoms with Gasteiger partial charge in [0, 0.05) is 16.8 Å². The van der Waals surface area contributed by atoms with Crippen LogP contribution in [0.3, 0.4) is 0 Å². The van der Waals surface area contributed by atoms with Crippen LogP contribution >= 0.6 is 11.8 Å². The van der Waals surface area contributed by atoms with Crippen molar-refractivity contribution in [2.45, 2.75) is 70.2 Å². The molecule has 0 saturated carbocycles. The number of rotatable bonds is 5. The van der Waals surface area contributed by atoms with Crippen molar-refractivity contribution in [2.24, 2.45) is 0 Å². The van der Waals surface area contributed by atoms with Crippen molar-refractivity contribution in [3.8, 4) is 0 Å². The molecule has 1 amide bonds. The van der Waals surface area contributed by atoms with Crippen LogP contribution in [0.25, 0.3) is 0 Å². The Labute approximate surface area is 122 Å². The van der Waals surface area contributed by atoms with Crippen molar-refractivity contribution >= 4 is 17.0 Å². The Morgan fingerprint density at radius 2 is 2.05 bits per heavy atom. The van der Waals surface area contributed by atoms with Gasteiger partial charge in [0.1, 0.15) is 0 Å². The first kappa shape index (κ1) is 16.4. The van der Waals surface area contributed by atoms with Gasteiger partial charge in [0.25, 0.3) is 5.24 Å². The molecule has 0 unspecified atom stereocenters. The number of hydrogen-bond donors (Lipinski definition) is 0. The molecule has 1 rings (SSSR count). The van der Waals surface area contributed by atoms with Crippen molar-refractivity contribution < 1.29 is 4.79 Å². The quantitative estimate of drug-likeness (QED) is 0.660. The van der Waals surface area contributed by atoms with Gasteiger partial charge in [0.15, 0.2) is 0 Å². The van der Waals surface area contributed by atoms with E-state index in [-0.39, 0.29) is 22.1 Å². The van der Waals surface area contributed by atoms with Gasteiger partial charge < -0.3 is 4.90 Å². The van der Waals surface area contributed by atoms with Gasteiger partial charge in [-0.1, -0.05) is 30.0 Å².